The van der Waals surface area contributed by atoms with E-state index in [0.717, 1.165) is 21.5 Å². The molecule has 2 aromatic carbocycles. The summed E-state index contributed by atoms with van der Waals surface area (Å²) in [7, 11) is 0. The molecule has 0 aliphatic rings. The number of benzene rings is 2. The average Bonchev–Trinajstić information content (AvgIpc) is 3.12. The Hall–Kier alpha value is -2.18. The third-order valence-electron chi connectivity index (χ3n) is 4.32. The summed E-state index contributed by atoms with van der Waals surface area (Å²) in [6.07, 6.45) is 1.69. The number of hydrogen-bond acceptors (Lipinski definition) is 4. The molecule has 2 heterocycles. The third-order valence-corrected chi connectivity index (χ3v) is 6.13. The number of pyridine rings is 1. The van der Waals surface area contributed by atoms with E-state index in [1.807, 2.05) is 37.3 Å². The van der Waals surface area contributed by atoms with Gasteiger partial charge in [-0.05, 0) is 55.0 Å². The summed E-state index contributed by atoms with van der Waals surface area (Å²) in [5, 5.41) is 1.93. The van der Waals surface area contributed by atoms with Crippen LogP contribution >= 0.6 is 46.1 Å². The molecule has 0 bridgehead atoms. The monoisotopic (exact) mass is 461 g/mol. The van der Waals surface area contributed by atoms with E-state index in [9.17, 15) is 4.79 Å². The normalized spacial score (nSPS) is 11.0. The Labute approximate surface area is 186 Å². The first-order valence-electron chi connectivity index (χ1n) is 8.66. The minimum atomic E-state index is -0.300. The van der Waals surface area contributed by atoms with Crippen LogP contribution in [0.5, 0.6) is 0 Å². The largest absolute Gasteiger partial charge is 0.278 e. The smallest absolute Gasteiger partial charge is 0.262 e. The second kappa shape index (κ2) is 8.28. The van der Waals surface area contributed by atoms with Crippen molar-refractivity contribution in [2.45, 2.75) is 13.5 Å². The molecule has 0 saturated carbocycles. The van der Waals surface area contributed by atoms with Gasteiger partial charge in [0.15, 0.2) is 5.13 Å². The summed E-state index contributed by atoms with van der Waals surface area (Å²) < 4.78 is 0.904. The van der Waals surface area contributed by atoms with Crippen LogP contribution in [0.15, 0.2) is 54.7 Å². The SMILES string of the molecule is Cc1cc(Cl)cc2sc(N(Cc3ccccn3)C(=O)c3cc(Cl)ccc3Cl)nc12. The molecule has 4 rings (SSSR count). The molecule has 0 atom stereocenters. The number of nitrogens with zero attached hydrogens (tertiary/aromatic N) is 3. The van der Waals surface area contributed by atoms with Gasteiger partial charge in [-0.2, -0.15) is 0 Å². The summed E-state index contributed by atoms with van der Waals surface area (Å²) in [6, 6.07) is 14.1. The van der Waals surface area contributed by atoms with Crippen LogP contribution in [0.25, 0.3) is 10.2 Å². The summed E-state index contributed by atoms with van der Waals surface area (Å²) in [4.78, 5) is 24.1. The summed E-state index contributed by atoms with van der Waals surface area (Å²) in [5.74, 6) is -0.300. The number of anilines is 1. The van der Waals surface area contributed by atoms with Crippen molar-refractivity contribution in [3.8, 4) is 0 Å². The maximum atomic E-state index is 13.4. The van der Waals surface area contributed by atoms with Gasteiger partial charge in [0.25, 0.3) is 5.91 Å². The molecule has 1 amide bonds. The number of rotatable bonds is 4. The van der Waals surface area contributed by atoms with E-state index in [0.29, 0.717) is 25.8 Å². The summed E-state index contributed by atoms with van der Waals surface area (Å²) >= 11 is 20.0. The summed E-state index contributed by atoms with van der Waals surface area (Å²) in [6.45, 7) is 2.19. The fourth-order valence-electron chi connectivity index (χ4n) is 2.94. The van der Waals surface area contributed by atoms with E-state index in [1.54, 1.807) is 29.3 Å². The molecule has 146 valence electrons. The number of thiazole rings is 1. The zero-order chi connectivity index (χ0) is 20.5. The maximum absolute atomic E-state index is 13.4. The number of hydrogen-bond donors (Lipinski definition) is 0. The number of aryl methyl sites for hydroxylation is 1. The second-order valence-electron chi connectivity index (χ2n) is 6.40. The molecular weight excluding hydrogens is 449 g/mol. The molecule has 4 nitrogen and oxygen atoms in total. The fourth-order valence-corrected chi connectivity index (χ4v) is 4.73. The fraction of sp³-hybridized carbons (Fsp3) is 0.0952. The summed E-state index contributed by atoms with van der Waals surface area (Å²) in [5.41, 5.74) is 2.79. The van der Waals surface area contributed by atoms with E-state index in [2.05, 4.69) is 4.98 Å². The standard InChI is InChI=1S/C21H14Cl3N3OS/c1-12-8-14(23)10-18-19(12)26-21(29-18)27(11-15-4-2-3-7-25-15)20(28)16-9-13(22)5-6-17(16)24/h2-10H,11H2,1H3. The van der Waals surface area contributed by atoms with Crippen LogP contribution in [0, 0.1) is 6.92 Å². The van der Waals surface area contributed by atoms with Crippen LogP contribution in [0.3, 0.4) is 0 Å². The van der Waals surface area contributed by atoms with Crippen LogP contribution in [-0.2, 0) is 6.54 Å². The second-order valence-corrected chi connectivity index (χ2v) is 8.69. The molecule has 0 unspecified atom stereocenters. The molecule has 0 spiro atoms. The van der Waals surface area contributed by atoms with E-state index in [1.165, 1.54) is 11.3 Å². The lowest BCUT2D eigenvalue weighted by atomic mass is 10.2. The van der Waals surface area contributed by atoms with E-state index in [-0.39, 0.29) is 12.5 Å². The Balaban J connectivity index is 1.83. The highest BCUT2D eigenvalue weighted by Gasteiger charge is 2.24. The zero-order valence-electron chi connectivity index (χ0n) is 15.2. The highest BCUT2D eigenvalue weighted by molar-refractivity contribution is 7.22. The Morgan fingerprint density at radius 1 is 1.07 bits per heavy atom. The number of aromatic nitrogens is 2. The maximum Gasteiger partial charge on any atom is 0.262 e. The molecule has 4 aromatic rings. The van der Waals surface area contributed by atoms with E-state index in [4.69, 9.17) is 39.8 Å². The van der Waals surface area contributed by atoms with Crippen molar-refractivity contribution in [2.24, 2.45) is 0 Å². The Kier molecular flexibility index (Phi) is 5.74. The minimum absolute atomic E-state index is 0.245. The predicted octanol–water partition coefficient (Wildman–Crippen LogP) is 6.81. The molecule has 8 heteroatoms. The molecule has 0 radical (unpaired) electrons. The Bertz CT molecular complexity index is 1210. The van der Waals surface area contributed by atoms with Crippen LogP contribution in [0.2, 0.25) is 15.1 Å². The van der Waals surface area contributed by atoms with Crippen LogP contribution in [-0.4, -0.2) is 15.9 Å². The van der Waals surface area contributed by atoms with Gasteiger partial charge in [0.05, 0.1) is 33.0 Å². The zero-order valence-corrected chi connectivity index (χ0v) is 18.3. The van der Waals surface area contributed by atoms with E-state index >= 15 is 0 Å². The quantitative estimate of drug-likeness (QED) is 0.335. The van der Waals surface area contributed by atoms with Crippen molar-refractivity contribution in [2.75, 3.05) is 4.90 Å². The van der Waals surface area contributed by atoms with Gasteiger partial charge in [-0.1, -0.05) is 52.2 Å². The minimum Gasteiger partial charge on any atom is -0.278 e. The highest BCUT2D eigenvalue weighted by atomic mass is 35.5. The van der Waals surface area contributed by atoms with Gasteiger partial charge in [0, 0.05) is 16.2 Å². The lowest BCUT2D eigenvalue weighted by molar-refractivity contribution is 0.0985. The van der Waals surface area contributed by atoms with E-state index < -0.39 is 0 Å². The van der Waals surface area contributed by atoms with Crippen molar-refractivity contribution in [1.82, 2.24) is 9.97 Å². The first-order valence-corrected chi connectivity index (χ1v) is 10.6. The Morgan fingerprint density at radius 2 is 1.90 bits per heavy atom. The molecule has 0 fully saturated rings. The number of fused-ring (bicyclic) bond motifs is 1. The molecule has 2 aromatic heterocycles. The topological polar surface area (TPSA) is 46.1 Å². The van der Waals surface area contributed by atoms with Crippen LogP contribution in [0.4, 0.5) is 5.13 Å². The molecule has 29 heavy (non-hydrogen) atoms. The Morgan fingerprint density at radius 3 is 2.66 bits per heavy atom. The number of halogens is 3. The van der Waals surface area contributed by atoms with Gasteiger partial charge < -0.3 is 0 Å². The number of amides is 1. The predicted molar refractivity (Wildman–Crippen MR) is 121 cm³/mol. The van der Waals surface area contributed by atoms with Crippen molar-refractivity contribution < 1.29 is 4.79 Å². The first-order chi connectivity index (χ1) is 13.9. The van der Waals surface area contributed by atoms with Crippen molar-refractivity contribution in [3.05, 3.63) is 86.6 Å². The van der Waals surface area contributed by atoms with Crippen LogP contribution < -0.4 is 4.90 Å². The lowest BCUT2D eigenvalue weighted by Crippen LogP contribution is -2.31. The number of carbonyl (C=O) groups excluding carboxylic acids is 1. The molecule has 0 aliphatic heterocycles. The third kappa shape index (κ3) is 4.23. The van der Waals surface area contributed by atoms with Gasteiger partial charge in [-0.3, -0.25) is 14.7 Å². The van der Waals surface area contributed by atoms with Crippen molar-refractivity contribution in [1.29, 1.82) is 0 Å². The molecule has 0 saturated heterocycles. The number of carbonyl (C=O) groups is 1. The van der Waals surface area contributed by atoms with Gasteiger partial charge in [-0.25, -0.2) is 4.98 Å². The molecule has 0 aliphatic carbocycles. The van der Waals surface area contributed by atoms with Gasteiger partial charge in [0.1, 0.15) is 0 Å². The average molecular weight is 463 g/mol. The van der Waals surface area contributed by atoms with Crippen molar-refractivity contribution >= 4 is 67.4 Å². The van der Waals surface area contributed by atoms with Crippen molar-refractivity contribution in [3.63, 3.8) is 0 Å². The lowest BCUT2D eigenvalue weighted by Gasteiger charge is -2.20. The molecular formula is C21H14Cl3N3OS. The van der Waals surface area contributed by atoms with Gasteiger partial charge in [-0.15, -0.1) is 0 Å². The highest BCUT2D eigenvalue weighted by Crippen LogP contribution is 2.35. The molecule has 0 N–H and O–H groups in total. The first kappa shape index (κ1) is 20.1. The van der Waals surface area contributed by atoms with Gasteiger partial charge >= 0.3 is 0 Å². The van der Waals surface area contributed by atoms with Crippen LogP contribution in [0.1, 0.15) is 21.6 Å². The van der Waals surface area contributed by atoms with Gasteiger partial charge in [0.2, 0.25) is 0 Å².